The third-order valence-electron chi connectivity index (χ3n) is 4.40. The van der Waals surface area contributed by atoms with Gasteiger partial charge in [-0.2, -0.15) is 0 Å². The molecule has 0 radical (unpaired) electrons. The van der Waals surface area contributed by atoms with Crippen LogP contribution in [-0.4, -0.2) is 41.5 Å². The molecule has 1 N–H and O–H groups in total. The maximum Gasteiger partial charge on any atom is 0.256 e. The number of amides is 1. The fraction of sp³-hybridized carbons (Fsp3) is 0.444. The largest absolute Gasteiger partial charge is 0.334 e. The van der Waals surface area contributed by atoms with Gasteiger partial charge in [-0.1, -0.05) is 6.92 Å². The monoisotopic (exact) mass is 315 g/mol. The summed E-state index contributed by atoms with van der Waals surface area (Å²) < 4.78 is 13.3. The van der Waals surface area contributed by atoms with Gasteiger partial charge >= 0.3 is 0 Å². The number of benzene rings is 1. The topological polar surface area (TPSA) is 45.2 Å². The number of hydrogen-bond donors (Lipinski definition) is 1. The van der Waals surface area contributed by atoms with Crippen LogP contribution in [0.4, 0.5) is 4.39 Å². The minimum absolute atomic E-state index is 0.0248. The molecule has 1 fully saturated rings. The number of carbonyl (C=O) groups is 1. The Bertz CT molecular complexity index is 726. The lowest BCUT2D eigenvalue weighted by Crippen LogP contribution is -2.42. The highest BCUT2D eigenvalue weighted by Crippen LogP contribution is 2.21. The second-order valence-corrected chi connectivity index (χ2v) is 6.10. The Kier molecular flexibility index (Phi) is 4.57. The zero-order valence-electron chi connectivity index (χ0n) is 13.6. The second kappa shape index (κ2) is 6.62. The number of hydrogen-bond acceptors (Lipinski definition) is 3. The van der Waals surface area contributed by atoms with E-state index in [-0.39, 0.29) is 17.8 Å². The average molecular weight is 315 g/mol. The van der Waals surface area contributed by atoms with Crippen molar-refractivity contribution in [2.75, 3.05) is 19.6 Å². The Balaban J connectivity index is 1.97. The van der Waals surface area contributed by atoms with E-state index in [2.05, 4.69) is 17.2 Å². The summed E-state index contributed by atoms with van der Waals surface area (Å²) in [5.74, 6) is -0.287. The third-order valence-corrected chi connectivity index (χ3v) is 4.40. The first kappa shape index (κ1) is 15.9. The summed E-state index contributed by atoms with van der Waals surface area (Å²) in [5.41, 5.74) is 1.85. The third kappa shape index (κ3) is 3.20. The van der Waals surface area contributed by atoms with Crippen molar-refractivity contribution in [3.05, 3.63) is 41.3 Å². The zero-order chi connectivity index (χ0) is 16.4. The van der Waals surface area contributed by atoms with Crippen LogP contribution in [0.15, 0.2) is 24.3 Å². The minimum atomic E-state index is -0.312. The van der Waals surface area contributed by atoms with Crippen LogP contribution in [0.2, 0.25) is 0 Å². The molecule has 2 aromatic rings. The molecule has 3 rings (SSSR count). The first-order valence-electron chi connectivity index (χ1n) is 8.18. The second-order valence-electron chi connectivity index (χ2n) is 6.10. The highest BCUT2D eigenvalue weighted by Gasteiger charge is 2.27. The van der Waals surface area contributed by atoms with Crippen LogP contribution in [0.1, 0.15) is 35.8 Å². The van der Waals surface area contributed by atoms with Crippen LogP contribution in [-0.2, 0) is 0 Å². The van der Waals surface area contributed by atoms with Gasteiger partial charge in [0.25, 0.3) is 5.91 Å². The summed E-state index contributed by atoms with van der Waals surface area (Å²) in [7, 11) is 0. The molecule has 0 spiro atoms. The molecule has 0 bridgehead atoms. The van der Waals surface area contributed by atoms with Gasteiger partial charge in [-0.15, -0.1) is 0 Å². The molecule has 1 unspecified atom stereocenters. The molecule has 0 aliphatic carbocycles. The number of nitrogens with zero attached hydrogens (tertiary/aromatic N) is 2. The average Bonchev–Trinajstić information content (AvgIpc) is 3.05. The van der Waals surface area contributed by atoms with E-state index in [0.717, 1.165) is 37.9 Å². The van der Waals surface area contributed by atoms with Gasteiger partial charge in [0.15, 0.2) is 0 Å². The van der Waals surface area contributed by atoms with Crippen molar-refractivity contribution in [2.24, 2.45) is 0 Å². The highest BCUT2D eigenvalue weighted by atomic mass is 19.1. The molecular formula is C18H22FN3O. The van der Waals surface area contributed by atoms with Crippen molar-refractivity contribution in [3.63, 3.8) is 0 Å². The highest BCUT2D eigenvalue weighted by molar-refractivity contribution is 5.98. The molecule has 1 atom stereocenters. The molecule has 2 heterocycles. The number of nitrogens with one attached hydrogen (secondary N) is 1. The van der Waals surface area contributed by atoms with Crippen molar-refractivity contribution < 1.29 is 9.18 Å². The lowest BCUT2D eigenvalue weighted by atomic mass is 10.1. The summed E-state index contributed by atoms with van der Waals surface area (Å²) in [5, 5.41) is 4.11. The Hall–Kier alpha value is -2.01. The van der Waals surface area contributed by atoms with Crippen molar-refractivity contribution >= 4 is 16.8 Å². The van der Waals surface area contributed by atoms with E-state index in [1.165, 1.54) is 12.1 Å². The molecular weight excluding hydrogens is 293 g/mol. The van der Waals surface area contributed by atoms with Crippen LogP contribution in [0.3, 0.4) is 0 Å². The summed E-state index contributed by atoms with van der Waals surface area (Å²) in [6.07, 6.45) is 1.91. The van der Waals surface area contributed by atoms with Crippen LogP contribution in [0, 0.1) is 12.7 Å². The van der Waals surface area contributed by atoms with Crippen LogP contribution in [0.5, 0.6) is 0 Å². The quantitative estimate of drug-likeness (QED) is 0.943. The van der Waals surface area contributed by atoms with E-state index in [4.69, 9.17) is 0 Å². The van der Waals surface area contributed by atoms with Crippen molar-refractivity contribution in [2.45, 2.75) is 32.7 Å². The number of rotatable bonds is 4. The summed E-state index contributed by atoms with van der Waals surface area (Å²) in [4.78, 5) is 19.4. The number of fused-ring (bicyclic) bond motifs is 1. The van der Waals surface area contributed by atoms with Crippen molar-refractivity contribution in [1.82, 2.24) is 15.2 Å². The van der Waals surface area contributed by atoms with Crippen molar-refractivity contribution in [1.29, 1.82) is 0 Å². The van der Waals surface area contributed by atoms with E-state index in [1.54, 1.807) is 6.07 Å². The lowest BCUT2D eigenvalue weighted by molar-refractivity contribution is 0.0691. The summed E-state index contributed by atoms with van der Waals surface area (Å²) in [6.45, 7) is 6.43. The van der Waals surface area contributed by atoms with E-state index in [0.29, 0.717) is 16.8 Å². The Morgan fingerprint density at radius 2 is 2.26 bits per heavy atom. The maximum absolute atomic E-state index is 13.3. The number of halogens is 1. The molecule has 1 aliphatic heterocycles. The van der Waals surface area contributed by atoms with E-state index in [9.17, 15) is 9.18 Å². The SMILES string of the molecule is CCCN(C(=O)c1cc2ccc(F)cc2nc1C)C1CCNC1. The Labute approximate surface area is 135 Å². The molecule has 5 heteroatoms. The Morgan fingerprint density at radius 1 is 1.43 bits per heavy atom. The normalized spacial score (nSPS) is 17.6. The number of pyridine rings is 1. The molecule has 122 valence electrons. The first-order valence-corrected chi connectivity index (χ1v) is 8.18. The minimum Gasteiger partial charge on any atom is -0.334 e. The van der Waals surface area contributed by atoms with Crippen molar-refractivity contribution in [3.8, 4) is 0 Å². The van der Waals surface area contributed by atoms with Crippen LogP contribution < -0.4 is 5.32 Å². The predicted octanol–water partition coefficient (Wildman–Crippen LogP) is 2.90. The number of aryl methyl sites for hydroxylation is 1. The van der Waals surface area contributed by atoms with Gasteiger partial charge in [0, 0.05) is 30.6 Å². The van der Waals surface area contributed by atoms with Gasteiger partial charge in [0.1, 0.15) is 5.82 Å². The maximum atomic E-state index is 13.3. The van der Waals surface area contributed by atoms with Gasteiger partial charge in [-0.3, -0.25) is 9.78 Å². The molecule has 1 aliphatic rings. The molecule has 4 nitrogen and oxygen atoms in total. The molecule has 0 saturated carbocycles. The molecule has 1 saturated heterocycles. The van der Waals surface area contributed by atoms with Gasteiger partial charge in [0.2, 0.25) is 0 Å². The van der Waals surface area contributed by atoms with Gasteiger partial charge < -0.3 is 10.2 Å². The first-order chi connectivity index (χ1) is 11.1. The zero-order valence-corrected chi connectivity index (χ0v) is 13.6. The Morgan fingerprint density at radius 3 is 2.96 bits per heavy atom. The molecule has 23 heavy (non-hydrogen) atoms. The molecule has 1 amide bonds. The molecule has 1 aromatic carbocycles. The van der Waals surface area contributed by atoms with Crippen LogP contribution >= 0.6 is 0 Å². The van der Waals surface area contributed by atoms with E-state index >= 15 is 0 Å². The standard InChI is InChI=1S/C18H22FN3O/c1-3-8-22(15-6-7-20-11-15)18(23)16-9-13-4-5-14(19)10-17(13)21-12(16)2/h4-5,9-10,15,20H,3,6-8,11H2,1-2H3. The van der Waals surface area contributed by atoms with E-state index < -0.39 is 0 Å². The fourth-order valence-electron chi connectivity index (χ4n) is 3.20. The lowest BCUT2D eigenvalue weighted by Gasteiger charge is -2.28. The number of carbonyl (C=O) groups excluding carboxylic acids is 1. The fourth-order valence-corrected chi connectivity index (χ4v) is 3.20. The smallest absolute Gasteiger partial charge is 0.256 e. The van der Waals surface area contributed by atoms with Gasteiger partial charge in [-0.25, -0.2) is 4.39 Å². The van der Waals surface area contributed by atoms with Crippen LogP contribution in [0.25, 0.3) is 10.9 Å². The number of aromatic nitrogens is 1. The van der Waals surface area contributed by atoms with E-state index in [1.807, 2.05) is 17.9 Å². The predicted molar refractivity (Wildman–Crippen MR) is 89.0 cm³/mol. The van der Waals surface area contributed by atoms with Gasteiger partial charge in [0.05, 0.1) is 16.8 Å². The summed E-state index contributed by atoms with van der Waals surface area (Å²) in [6, 6.07) is 6.56. The molecule has 1 aromatic heterocycles. The van der Waals surface area contributed by atoms with Gasteiger partial charge in [-0.05, 0) is 44.5 Å². The summed E-state index contributed by atoms with van der Waals surface area (Å²) >= 11 is 0.